The largest absolute Gasteiger partial charge is 0.481 e. The minimum Gasteiger partial charge on any atom is -0.481 e. The normalized spacial score (nSPS) is 22.4. The van der Waals surface area contributed by atoms with Crippen LogP contribution in [0.1, 0.15) is 32.3 Å². The Hall–Kier alpha value is -2.05. The van der Waals surface area contributed by atoms with Gasteiger partial charge in [0.25, 0.3) is 0 Å². The van der Waals surface area contributed by atoms with E-state index < -0.39 is 23.6 Å². The van der Waals surface area contributed by atoms with Gasteiger partial charge in [-0.1, -0.05) is 0 Å². The summed E-state index contributed by atoms with van der Waals surface area (Å²) in [5.74, 6) is -1.81. The molecular weight excluding hydrogens is 274 g/mol. The number of ether oxygens (including phenoxy) is 1. The maximum absolute atomic E-state index is 12.1. The van der Waals surface area contributed by atoms with Crippen molar-refractivity contribution in [2.75, 3.05) is 13.1 Å². The van der Waals surface area contributed by atoms with Crippen molar-refractivity contribution in [2.45, 2.75) is 32.3 Å². The van der Waals surface area contributed by atoms with Gasteiger partial charge in [0.15, 0.2) is 0 Å². The van der Waals surface area contributed by atoms with Gasteiger partial charge in [-0.05, 0) is 26.3 Å². The number of carboxylic acids is 1. The number of rotatable bonds is 2. The van der Waals surface area contributed by atoms with Gasteiger partial charge in [-0.2, -0.15) is 5.10 Å². The highest BCUT2D eigenvalue weighted by Gasteiger charge is 2.42. The summed E-state index contributed by atoms with van der Waals surface area (Å²) in [7, 11) is 1.78. The monoisotopic (exact) mass is 295 g/mol. The molecule has 0 radical (unpaired) electrons. The van der Waals surface area contributed by atoms with E-state index in [1.807, 2.05) is 0 Å². The first-order valence-corrected chi connectivity index (χ1v) is 6.86. The minimum absolute atomic E-state index is 0.157. The van der Waals surface area contributed by atoms with Gasteiger partial charge in [0.1, 0.15) is 5.60 Å². The zero-order chi connectivity index (χ0) is 15.8. The van der Waals surface area contributed by atoms with Crippen molar-refractivity contribution in [3.05, 3.63) is 18.0 Å². The molecule has 0 aromatic carbocycles. The highest BCUT2D eigenvalue weighted by Crippen LogP contribution is 2.33. The number of carbonyl (C=O) groups excluding carboxylic acids is 1. The van der Waals surface area contributed by atoms with Crippen LogP contribution in [0.25, 0.3) is 0 Å². The first-order valence-electron chi connectivity index (χ1n) is 6.86. The van der Waals surface area contributed by atoms with E-state index in [4.69, 9.17) is 4.74 Å². The predicted molar refractivity (Wildman–Crippen MR) is 74.9 cm³/mol. The Balaban J connectivity index is 2.15. The van der Waals surface area contributed by atoms with E-state index >= 15 is 0 Å². The van der Waals surface area contributed by atoms with Crippen LogP contribution in [0.15, 0.2) is 12.4 Å². The van der Waals surface area contributed by atoms with Crippen molar-refractivity contribution < 1.29 is 19.4 Å². The molecule has 1 aromatic heterocycles. The lowest BCUT2D eigenvalue weighted by atomic mass is 9.91. The number of aryl methyl sites for hydroxylation is 1. The lowest BCUT2D eigenvalue weighted by Gasteiger charge is -2.24. The second kappa shape index (κ2) is 5.38. The first-order chi connectivity index (χ1) is 9.67. The quantitative estimate of drug-likeness (QED) is 0.892. The lowest BCUT2D eigenvalue weighted by Crippen LogP contribution is -2.35. The summed E-state index contributed by atoms with van der Waals surface area (Å²) in [5.41, 5.74) is 0.235. The van der Waals surface area contributed by atoms with Crippen LogP contribution >= 0.6 is 0 Å². The molecule has 0 spiro atoms. The SMILES string of the molecule is Cn1cc(C2CN(C(=O)OC(C)(C)C)CC2C(=O)O)cn1. The van der Waals surface area contributed by atoms with E-state index in [1.54, 1.807) is 44.9 Å². The minimum atomic E-state index is -0.907. The smallest absolute Gasteiger partial charge is 0.410 e. The van der Waals surface area contributed by atoms with Crippen LogP contribution in [0.4, 0.5) is 4.79 Å². The molecule has 1 saturated heterocycles. The van der Waals surface area contributed by atoms with Gasteiger partial charge in [0, 0.05) is 32.3 Å². The number of hydrogen-bond donors (Lipinski definition) is 1. The van der Waals surface area contributed by atoms with Crippen LogP contribution < -0.4 is 0 Å². The second-order valence-corrected chi connectivity index (χ2v) is 6.38. The Morgan fingerprint density at radius 1 is 1.38 bits per heavy atom. The summed E-state index contributed by atoms with van der Waals surface area (Å²) in [6.45, 7) is 5.85. The number of carbonyl (C=O) groups is 2. The summed E-state index contributed by atoms with van der Waals surface area (Å²) < 4.78 is 6.94. The highest BCUT2D eigenvalue weighted by molar-refractivity contribution is 5.75. The summed E-state index contributed by atoms with van der Waals surface area (Å²) in [5, 5.41) is 13.5. The molecular formula is C14H21N3O4. The van der Waals surface area contributed by atoms with Crippen LogP contribution in [-0.4, -0.2) is 50.5 Å². The average Bonchev–Trinajstić information content (AvgIpc) is 2.91. The Bertz CT molecular complexity index is 547. The van der Waals surface area contributed by atoms with Gasteiger partial charge in [-0.15, -0.1) is 0 Å². The van der Waals surface area contributed by atoms with Gasteiger partial charge in [-0.3, -0.25) is 9.48 Å². The van der Waals surface area contributed by atoms with Crippen molar-refractivity contribution in [1.29, 1.82) is 0 Å². The molecule has 7 nitrogen and oxygen atoms in total. The summed E-state index contributed by atoms with van der Waals surface area (Å²) in [6, 6.07) is 0. The predicted octanol–water partition coefficient (Wildman–Crippen LogP) is 1.46. The molecule has 2 rings (SSSR count). The van der Waals surface area contributed by atoms with Gasteiger partial charge >= 0.3 is 12.1 Å². The highest BCUT2D eigenvalue weighted by atomic mass is 16.6. The standard InChI is InChI=1S/C14H21N3O4/c1-14(2,3)21-13(20)17-7-10(11(8-17)12(18)19)9-5-15-16(4)6-9/h5-6,10-11H,7-8H2,1-4H3,(H,18,19). The third kappa shape index (κ3) is 3.53. The van der Waals surface area contributed by atoms with Crippen LogP contribution in [0, 0.1) is 5.92 Å². The Morgan fingerprint density at radius 3 is 2.52 bits per heavy atom. The maximum atomic E-state index is 12.1. The van der Waals surface area contributed by atoms with E-state index in [0.29, 0.717) is 6.54 Å². The molecule has 1 N–H and O–H groups in total. The van der Waals surface area contributed by atoms with Crippen molar-refractivity contribution >= 4 is 12.1 Å². The summed E-state index contributed by atoms with van der Waals surface area (Å²) in [4.78, 5) is 25.0. The molecule has 7 heteroatoms. The van der Waals surface area contributed by atoms with Crippen LogP contribution in [0.2, 0.25) is 0 Å². The molecule has 0 aliphatic carbocycles. The second-order valence-electron chi connectivity index (χ2n) is 6.38. The van der Waals surface area contributed by atoms with Gasteiger partial charge in [0.2, 0.25) is 0 Å². The van der Waals surface area contributed by atoms with Crippen LogP contribution in [-0.2, 0) is 16.6 Å². The van der Waals surface area contributed by atoms with Crippen LogP contribution in [0.5, 0.6) is 0 Å². The van der Waals surface area contributed by atoms with Crippen molar-refractivity contribution in [1.82, 2.24) is 14.7 Å². The molecule has 0 saturated carbocycles. The molecule has 1 aliphatic rings. The molecule has 116 valence electrons. The third-order valence-electron chi connectivity index (χ3n) is 3.44. The van der Waals surface area contributed by atoms with E-state index in [-0.39, 0.29) is 12.5 Å². The third-order valence-corrected chi connectivity index (χ3v) is 3.44. The van der Waals surface area contributed by atoms with Crippen molar-refractivity contribution in [3.63, 3.8) is 0 Å². The number of aromatic nitrogens is 2. The molecule has 2 unspecified atom stereocenters. The van der Waals surface area contributed by atoms with E-state index in [2.05, 4.69) is 5.10 Å². The van der Waals surface area contributed by atoms with Gasteiger partial charge in [-0.25, -0.2) is 4.79 Å². The Labute approximate surface area is 123 Å². The number of likely N-dealkylation sites (tertiary alicyclic amines) is 1. The summed E-state index contributed by atoms with van der Waals surface area (Å²) >= 11 is 0. The topological polar surface area (TPSA) is 84.7 Å². The fraction of sp³-hybridized carbons (Fsp3) is 0.643. The van der Waals surface area contributed by atoms with Crippen LogP contribution in [0.3, 0.4) is 0 Å². The van der Waals surface area contributed by atoms with Gasteiger partial charge < -0.3 is 14.7 Å². The number of amides is 1. The fourth-order valence-corrected chi connectivity index (χ4v) is 2.50. The zero-order valence-corrected chi connectivity index (χ0v) is 12.7. The van der Waals surface area contributed by atoms with Crippen molar-refractivity contribution in [3.8, 4) is 0 Å². The number of hydrogen-bond acceptors (Lipinski definition) is 4. The number of aliphatic carboxylic acids is 1. The fourth-order valence-electron chi connectivity index (χ4n) is 2.50. The molecule has 1 amide bonds. The molecule has 1 aliphatic heterocycles. The molecule has 1 fully saturated rings. The average molecular weight is 295 g/mol. The molecule has 2 atom stereocenters. The van der Waals surface area contributed by atoms with E-state index in [0.717, 1.165) is 5.56 Å². The van der Waals surface area contributed by atoms with Crippen molar-refractivity contribution in [2.24, 2.45) is 13.0 Å². The molecule has 1 aromatic rings. The maximum Gasteiger partial charge on any atom is 0.410 e. The zero-order valence-electron chi connectivity index (χ0n) is 12.7. The van der Waals surface area contributed by atoms with E-state index in [9.17, 15) is 14.7 Å². The van der Waals surface area contributed by atoms with E-state index in [1.165, 1.54) is 4.90 Å². The summed E-state index contributed by atoms with van der Waals surface area (Å²) in [6.07, 6.45) is 2.97. The lowest BCUT2D eigenvalue weighted by molar-refractivity contribution is -0.141. The molecule has 2 heterocycles. The number of carboxylic acid groups (broad SMARTS) is 1. The molecule has 0 bridgehead atoms. The Morgan fingerprint density at radius 2 is 2.05 bits per heavy atom. The number of nitrogens with zero attached hydrogens (tertiary/aromatic N) is 3. The Kier molecular flexibility index (Phi) is 3.93. The van der Waals surface area contributed by atoms with Gasteiger partial charge in [0.05, 0.1) is 12.1 Å². The molecule has 21 heavy (non-hydrogen) atoms. The first kappa shape index (κ1) is 15.3.